The molecule has 0 spiro atoms. The minimum Gasteiger partial charge on any atom is -0.394 e. The van der Waals surface area contributed by atoms with Gasteiger partial charge >= 0.3 is 0 Å². The van der Waals surface area contributed by atoms with E-state index in [4.69, 9.17) is 5.11 Å². The number of pyridine rings is 1. The molecule has 5 heteroatoms. The average Bonchev–Trinajstić information content (AvgIpc) is 2.38. The molecule has 0 radical (unpaired) electrons. The van der Waals surface area contributed by atoms with Crippen LogP contribution in [0.3, 0.4) is 0 Å². The summed E-state index contributed by atoms with van der Waals surface area (Å²) in [6.07, 6.45) is 1.02. The molecule has 0 aliphatic heterocycles. The Kier molecular flexibility index (Phi) is 4.14. The van der Waals surface area contributed by atoms with Crippen molar-refractivity contribution in [2.45, 2.75) is 6.10 Å². The molecule has 0 aliphatic carbocycles. The molecule has 2 aromatic rings. The summed E-state index contributed by atoms with van der Waals surface area (Å²) in [5.41, 5.74) is 0. The van der Waals surface area contributed by atoms with Crippen molar-refractivity contribution in [2.75, 3.05) is 18.5 Å². The number of aliphatic hydroxyl groups excluding tert-OH is 2. The molecule has 3 N–H and O–H groups in total. The molecule has 0 saturated carbocycles. The third-order valence-corrected chi connectivity index (χ3v) is 3.32. The Labute approximate surface area is 113 Å². The Morgan fingerprint density at radius 3 is 2.71 bits per heavy atom. The summed E-state index contributed by atoms with van der Waals surface area (Å²) in [5.74, 6) is 0.730. The zero-order valence-corrected chi connectivity index (χ0v) is 11.3. The van der Waals surface area contributed by atoms with Gasteiger partial charge in [0.15, 0.2) is 0 Å². The molecule has 0 aliphatic rings. The van der Waals surface area contributed by atoms with Crippen molar-refractivity contribution in [3.63, 3.8) is 0 Å². The molecule has 1 heterocycles. The lowest BCUT2D eigenvalue weighted by Crippen LogP contribution is -2.23. The fourth-order valence-corrected chi connectivity index (χ4v) is 2.19. The molecule has 1 aromatic carbocycles. The Hall–Kier alpha value is -0.920. The van der Waals surface area contributed by atoms with Crippen molar-refractivity contribution < 1.29 is 10.2 Å². The lowest BCUT2D eigenvalue weighted by Gasteiger charge is -2.12. The van der Waals surface area contributed by atoms with E-state index in [9.17, 15) is 5.11 Å². The summed E-state index contributed by atoms with van der Waals surface area (Å²) in [5, 5.41) is 23.3. The average molecular weight is 344 g/mol. The van der Waals surface area contributed by atoms with E-state index in [0.717, 1.165) is 20.2 Å². The van der Waals surface area contributed by atoms with Crippen molar-refractivity contribution in [2.24, 2.45) is 0 Å². The fraction of sp³-hybridized carbons (Fsp3) is 0.250. The highest BCUT2D eigenvalue weighted by Gasteiger charge is 2.07. The maximum absolute atomic E-state index is 9.30. The van der Waals surface area contributed by atoms with Gasteiger partial charge in [0.2, 0.25) is 0 Å². The van der Waals surface area contributed by atoms with E-state index in [1.54, 1.807) is 6.20 Å². The van der Waals surface area contributed by atoms with Crippen molar-refractivity contribution >= 4 is 39.2 Å². The number of hydrogen-bond acceptors (Lipinski definition) is 4. The molecular weight excluding hydrogens is 331 g/mol. The number of halogens is 1. The van der Waals surface area contributed by atoms with Crippen LogP contribution in [-0.4, -0.2) is 34.5 Å². The highest BCUT2D eigenvalue weighted by atomic mass is 127. The molecule has 2 rings (SSSR count). The van der Waals surface area contributed by atoms with Gasteiger partial charge in [0.25, 0.3) is 0 Å². The van der Waals surface area contributed by atoms with Gasteiger partial charge in [0.1, 0.15) is 5.82 Å². The Morgan fingerprint density at radius 2 is 2.00 bits per heavy atom. The van der Waals surface area contributed by atoms with E-state index in [0.29, 0.717) is 0 Å². The van der Waals surface area contributed by atoms with E-state index in [-0.39, 0.29) is 13.2 Å². The van der Waals surface area contributed by atoms with Crippen LogP contribution in [0.5, 0.6) is 0 Å². The number of anilines is 1. The molecule has 0 bridgehead atoms. The maximum atomic E-state index is 9.30. The van der Waals surface area contributed by atoms with Crippen LogP contribution in [-0.2, 0) is 0 Å². The van der Waals surface area contributed by atoms with Crippen LogP contribution in [0.2, 0.25) is 0 Å². The number of rotatable bonds is 4. The normalized spacial score (nSPS) is 12.6. The second-order valence-corrected chi connectivity index (χ2v) is 4.88. The quantitative estimate of drug-likeness (QED) is 0.738. The number of benzene rings is 1. The SMILES string of the molecule is OCC(O)CNc1ncc(I)c2ccccc12. The highest BCUT2D eigenvalue weighted by Crippen LogP contribution is 2.25. The van der Waals surface area contributed by atoms with Crippen LogP contribution in [0.1, 0.15) is 0 Å². The molecule has 1 aromatic heterocycles. The van der Waals surface area contributed by atoms with E-state index < -0.39 is 6.10 Å². The predicted octanol–water partition coefficient (Wildman–Crippen LogP) is 1.60. The van der Waals surface area contributed by atoms with Crippen LogP contribution in [0.15, 0.2) is 30.5 Å². The first-order chi connectivity index (χ1) is 8.22. The summed E-state index contributed by atoms with van der Waals surface area (Å²) >= 11 is 2.24. The second kappa shape index (κ2) is 5.61. The summed E-state index contributed by atoms with van der Waals surface area (Å²) in [7, 11) is 0. The number of fused-ring (bicyclic) bond motifs is 1. The summed E-state index contributed by atoms with van der Waals surface area (Å²) < 4.78 is 1.09. The van der Waals surface area contributed by atoms with Crippen molar-refractivity contribution in [1.82, 2.24) is 4.98 Å². The number of aromatic nitrogens is 1. The minimum absolute atomic E-state index is 0.255. The van der Waals surface area contributed by atoms with Crippen molar-refractivity contribution in [3.8, 4) is 0 Å². The van der Waals surface area contributed by atoms with E-state index in [1.165, 1.54) is 0 Å². The first kappa shape index (κ1) is 12.5. The molecule has 0 amide bonds. The molecule has 1 atom stereocenters. The fourth-order valence-electron chi connectivity index (χ4n) is 1.58. The predicted molar refractivity (Wildman–Crippen MR) is 76.0 cm³/mol. The van der Waals surface area contributed by atoms with Crippen LogP contribution in [0, 0.1) is 3.57 Å². The van der Waals surface area contributed by atoms with Crippen molar-refractivity contribution in [1.29, 1.82) is 0 Å². The first-order valence-electron chi connectivity index (χ1n) is 5.28. The molecular formula is C12H13IN2O2. The zero-order valence-electron chi connectivity index (χ0n) is 9.10. The van der Waals surface area contributed by atoms with Gasteiger partial charge in [-0.05, 0) is 22.6 Å². The molecule has 90 valence electrons. The van der Waals surface area contributed by atoms with Gasteiger partial charge in [0.05, 0.1) is 12.7 Å². The molecule has 1 unspecified atom stereocenters. The third kappa shape index (κ3) is 2.85. The van der Waals surface area contributed by atoms with Crippen LogP contribution in [0.4, 0.5) is 5.82 Å². The summed E-state index contributed by atoms with van der Waals surface area (Å²) in [6.45, 7) is 0.0311. The van der Waals surface area contributed by atoms with E-state index >= 15 is 0 Å². The van der Waals surface area contributed by atoms with Gasteiger partial charge < -0.3 is 15.5 Å². The molecule has 0 fully saturated rings. The summed E-state index contributed by atoms with van der Waals surface area (Å²) in [4.78, 5) is 4.30. The Balaban J connectivity index is 2.32. The number of nitrogens with zero attached hydrogens (tertiary/aromatic N) is 1. The van der Waals surface area contributed by atoms with Crippen LogP contribution >= 0.6 is 22.6 Å². The monoisotopic (exact) mass is 344 g/mol. The van der Waals surface area contributed by atoms with Crippen LogP contribution < -0.4 is 5.32 Å². The number of nitrogens with one attached hydrogen (secondary N) is 1. The van der Waals surface area contributed by atoms with E-state index in [1.807, 2.05) is 24.3 Å². The largest absolute Gasteiger partial charge is 0.394 e. The Bertz CT molecular complexity index is 519. The molecule has 17 heavy (non-hydrogen) atoms. The second-order valence-electron chi connectivity index (χ2n) is 3.72. The topological polar surface area (TPSA) is 65.4 Å². The standard InChI is InChI=1S/C12H13IN2O2/c13-11-6-15-12(14-5-8(17)7-16)10-4-2-1-3-9(10)11/h1-4,6,8,16-17H,5,7H2,(H,14,15). The van der Waals surface area contributed by atoms with Gasteiger partial charge in [0, 0.05) is 27.1 Å². The summed E-state index contributed by atoms with van der Waals surface area (Å²) in [6, 6.07) is 7.95. The van der Waals surface area contributed by atoms with Gasteiger partial charge in [-0.15, -0.1) is 0 Å². The van der Waals surface area contributed by atoms with Gasteiger partial charge in [-0.25, -0.2) is 4.98 Å². The smallest absolute Gasteiger partial charge is 0.133 e. The Morgan fingerprint density at radius 1 is 1.29 bits per heavy atom. The number of hydrogen-bond donors (Lipinski definition) is 3. The first-order valence-corrected chi connectivity index (χ1v) is 6.36. The molecule has 0 saturated heterocycles. The number of aliphatic hydroxyl groups is 2. The van der Waals surface area contributed by atoms with Gasteiger partial charge in [-0.1, -0.05) is 24.3 Å². The van der Waals surface area contributed by atoms with Crippen LogP contribution in [0.25, 0.3) is 10.8 Å². The lowest BCUT2D eigenvalue weighted by molar-refractivity contribution is 0.105. The molecule has 4 nitrogen and oxygen atoms in total. The lowest BCUT2D eigenvalue weighted by atomic mass is 10.1. The van der Waals surface area contributed by atoms with E-state index in [2.05, 4.69) is 32.9 Å². The zero-order chi connectivity index (χ0) is 12.3. The third-order valence-electron chi connectivity index (χ3n) is 2.46. The minimum atomic E-state index is -0.769. The van der Waals surface area contributed by atoms with Gasteiger partial charge in [-0.2, -0.15) is 0 Å². The maximum Gasteiger partial charge on any atom is 0.133 e. The van der Waals surface area contributed by atoms with Gasteiger partial charge in [-0.3, -0.25) is 0 Å². The highest BCUT2D eigenvalue weighted by molar-refractivity contribution is 14.1. The van der Waals surface area contributed by atoms with Crippen molar-refractivity contribution in [3.05, 3.63) is 34.0 Å².